The Kier molecular flexibility index (Phi) is 4.09. The van der Waals surface area contributed by atoms with Gasteiger partial charge in [-0.15, -0.1) is 0 Å². The smallest absolute Gasteiger partial charge is 0.259 e. The Bertz CT molecular complexity index is 779. The number of aromatic nitrogens is 1. The van der Waals surface area contributed by atoms with E-state index >= 15 is 0 Å². The summed E-state index contributed by atoms with van der Waals surface area (Å²) < 4.78 is 0. The van der Waals surface area contributed by atoms with Gasteiger partial charge in [0.2, 0.25) is 5.91 Å². The van der Waals surface area contributed by atoms with Crippen LogP contribution >= 0.6 is 0 Å². The van der Waals surface area contributed by atoms with Crippen LogP contribution in [-0.4, -0.2) is 23.3 Å². The fraction of sp³-hybridized carbons (Fsp3) is 0.316. The second kappa shape index (κ2) is 6.07. The van der Waals surface area contributed by atoms with Crippen molar-refractivity contribution in [1.29, 1.82) is 0 Å². The van der Waals surface area contributed by atoms with Crippen molar-refractivity contribution >= 4 is 23.2 Å². The molecule has 1 aliphatic heterocycles. The molecule has 0 bridgehead atoms. The molecule has 0 saturated heterocycles. The summed E-state index contributed by atoms with van der Waals surface area (Å²) in [4.78, 5) is 30.6. The van der Waals surface area contributed by atoms with E-state index in [2.05, 4.69) is 10.3 Å². The Balaban J connectivity index is 1.86. The molecule has 5 nitrogen and oxygen atoms in total. The number of rotatable bonds is 2. The van der Waals surface area contributed by atoms with Gasteiger partial charge < -0.3 is 10.2 Å². The van der Waals surface area contributed by atoms with Crippen LogP contribution in [0.25, 0.3) is 0 Å². The molecule has 2 amide bonds. The lowest BCUT2D eigenvalue weighted by Crippen LogP contribution is -2.29. The average molecular weight is 323 g/mol. The van der Waals surface area contributed by atoms with E-state index in [-0.39, 0.29) is 11.8 Å². The molecule has 0 saturated carbocycles. The zero-order valence-corrected chi connectivity index (χ0v) is 14.2. The molecule has 5 heteroatoms. The number of amides is 2. The third-order valence-electron chi connectivity index (χ3n) is 4.07. The van der Waals surface area contributed by atoms with Gasteiger partial charge in [-0.05, 0) is 36.2 Å². The first-order valence-electron chi connectivity index (χ1n) is 8.02. The van der Waals surface area contributed by atoms with Crippen LogP contribution in [0.3, 0.4) is 0 Å². The van der Waals surface area contributed by atoms with Crippen molar-refractivity contribution in [3.8, 4) is 0 Å². The molecule has 0 aliphatic carbocycles. The van der Waals surface area contributed by atoms with Crippen LogP contribution in [0, 0.1) is 5.41 Å². The van der Waals surface area contributed by atoms with Gasteiger partial charge >= 0.3 is 0 Å². The summed E-state index contributed by atoms with van der Waals surface area (Å²) in [5, 5.41) is 2.92. The molecule has 2 heterocycles. The van der Waals surface area contributed by atoms with E-state index in [9.17, 15) is 9.59 Å². The average Bonchev–Trinajstić information content (AvgIpc) is 2.97. The van der Waals surface area contributed by atoms with E-state index in [0.29, 0.717) is 17.8 Å². The first-order valence-corrected chi connectivity index (χ1v) is 8.02. The minimum absolute atomic E-state index is 0.0504. The molecule has 1 aliphatic rings. The number of nitrogens with zero attached hydrogens (tertiary/aromatic N) is 2. The number of fused-ring (bicyclic) bond motifs is 1. The summed E-state index contributed by atoms with van der Waals surface area (Å²) in [5.74, 6) is -0.119. The van der Waals surface area contributed by atoms with E-state index in [1.165, 1.54) is 0 Å². The Morgan fingerprint density at radius 3 is 2.67 bits per heavy atom. The Morgan fingerprint density at radius 1 is 1.21 bits per heavy atom. The van der Waals surface area contributed by atoms with E-state index < -0.39 is 5.41 Å². The summed E-state index contributed by atoms with van der Waals surface area (Å²) in [6, 6.07) is 9.26. The molecule has 0 atom stereocenters. The van der Waals surface area contributed by atoms with Gasteiger partial charge in [0.1, 0.15) is 0 Å². The summed E-state index contributed by atoms with van der Waals surface area (Å²) in [5.41, 5.74) is 2.77. The van der Waals surface area contributed by atoms with Crippen molar-refractivity contribution in [3.63, 3.8) is 0 Å². The van der Waals surface area contributed by atoms with E-state index in [1.54, 1.807) is 29.4 Å². The van der Waals surface area contributed by atoms with Gasteiger partial charge in [-0.3, -0.25) is 14.6 Å². The zero-order valence-electron chi connectivity index (χ0n) is 14.2. The Morgan fingerprint density at radius 2 is 2.00 bits per heavy atom. The SMILES string of the molecule is CC(C)(C)C(=O)Nc1ccc2c(c1)N(C(=O)c1cccnc1)CC2. The molecule has 24 heavy (non-hydrogen) atoms. The highest BCUT2D eigenvalue weighted by molar-refractivity contribution is 6.07. The number of nitrogens with one attached hydrogen (secondary N) is 1. The predicted molar refractivity (Wildman–Crippen MR) is 94.1 cm³/mol. The molecule has 0 spiro atoms. The van der Waals surface area contributed by atoms with Gasteiger partial charge in [0.25, 0.3) is 5.91 Å². The third kappa shape index (κ3) is 3.15. The lowest BCUT2D eigenvalue weighted by atomic mass is 9.95. The normalized spacial score (nSPS) is 13.5. The standard InChI is InChI=1S/C19H21N3O2/c1-19(2,3)18(24)21-15-7-6-13-8-10-22(16(13)11-15)17(23)14-5-4-9-20-12-14/h4-7,9,11-12H,8,10H2,1-3H3,(H,21,24). The topological polar surface area (TPSA) is 62.3 Å². The second-order valence-electron chi connectivity index (χ2n) is 7.00. The van der Waals surface area contributed by atoms with Crippen LogP contribution < -0.4 is 10.2 Å². The van der Waals surface area contributed by atoms with Crippen LogP contribution in [0.5, 0.6) is 0 Å². The molecule has 3 rings (SSSR count). The lowest BCUT2D eigenvalue weighted by Gasteiger charge is -2.20. The maximum atomic E-state index is 12.7. The van der Waals surface area contributed by atoms with Gasteiger partial charge in [0, 0.05) is 35.7 Å². The van der Waals surface area contributed by atoms with Gasteiger partial charge in [-0.25, -0.2) is 0 Å². The largest absolute Gasteiger partial charge is 0.326 e. The van der Waals surface area contributed by atoms with Crippen molar-refractivity contribution in [2.24, 2.45) is 5.41 Å². The number of hydrogen-bond donors (Lipinski definition) is 1. The van der Waals surface area contributed by atoms with Crippen LogP contribution in [0.4, 0.5) is 11.4 Å². The van der Waals surface area contributed by atoms with Crippen molar-refractivity contribution in [2.45, 2.75) is 27.2 Å². The van der Waals surface area contributed by atoms with Crippen molar-refractivity contribution < 1.29 is 9.59 Å². The van der Waals surface area contributed by atoms with Crippen molar-refractivity contribution in [1.82, 2.24) is 4.98 Å². The first-order chi connectivity index (χ1) is 11.4. The van der Waals surface area contributed by atoms with E-state index in [0.717, 1.165) is 17.7 Å². The summed E-state index contributed by atoms with van der Waals surface area (Å²) in [6.07, 6.45) is 4.04. The van der Waals surface area contributed by atoms with Gasteiger partial charge in [0.05, 0.1) is 5.56 Å². The number of hydrogen-bond acceptors (Lipinski definition) is 3. The molecule has 0 unspecified atom stereocenters. The Hall–Kier alpha value is -2.69. The quantitative estimate of drug-likeness (QED) is 0.922. The van der Waals surface area contributed by atoms with Crippen LogP contribution in [0.15, 0.2) is 42.7 Å². The zero-order chi connectivity index (χ0) is 17.3. The number of benzene rings is 1. The molecule has 2 aromatic rings. The highest BCUT2D eigenvalue weighted by Crippen LogP contribution is 2.32. The van der Waals surface area contributed by atoms with Gasteiger partial charge in [0.15, 0.2) is 0 Å². The highest BCUT2D eigenvalue weighted by Gasteiger charge is 2.27. The molecule has 0 fully saturated rings. The molecule has 1 aromatic carbocycles. The predicted octanol–water partition coefficient (Wildman–Crippen LogP) is 3.27. The summed E-state index contributed by atoms with van der Waals surface area (Å²) in [7, 11) is 0. The van der Waals surface area contributed by atoms with Crippen molar-refractivity contribution in [2.75, 3.05) is 16.8 Å². The molecule has 1 aromatic heterocycles. The molecule has 0 radical (unpaired) electrons. The minimum Gasteiger partial charge on any atom is -0.326 e. The van der Waals surface area contributed by atoms with Crippen LogP contribution in [0.1, 0.15) is 36.7 Å². The molecule has 124 valence electrons. The molecule has 1 N–H and O–H groups in total. The highest BCUT2D eigenvalue weighted by atomic mass is 16.2. The summed E-state index contributed by atoms with van der Waals surface area (Å²) >= 11 is 0. The lowest BCUT2D eigenvalue weighted by molar-refractivity contribution is -0.123. The maximum absolute atomic E-state index is 12.7. The van der Waals surface area contributed by atoms with E-state index in [1.807, 2.05) is 39.0 Å². The fourth-order valence-electron chi connectivity index (χ4n) is 2.63. The van der Waals surface area contributed by atoms with Crippen LogP contribution in [-0.2, 0) is 11.2 Å². The van der Waals surface area contributed by atoms with Crippen molar-refractivity contribution in [3.05, 3.63) is 53.9 Å². The van der Waals surface area contributed by atoms with E-state index in [4.69, 9.17) is 0 Å². The monoisotopic (exact) mass is 323 g/mol. The fourth-order valence-corrected chi connectivity index (χ4v) is 2.63. The minimum atomic E-state index is -0.468. The second-order valence-corrected chi connectivity index (χ2v) is 7.00. The summed E-state index contributed by atoms with van der Waals surface area (Å²) in [6.45, 7) is 6.25. The number of anilines is 2. The third-order valence-corrected chi connectivity index (χ3v) is 4.07. The maximum Gasteiger partial charge on any atom is 0.259 e. The first kappa shape index (κ1) is 16.2. The van der Waals surface area contributed by atoms with Crippen LogP contribution in [0.2, 0.25) is 0 Å². The number of carbonyl (C=O) groups is 2. The van der Waals surface area contributed by atoms with Gasteiger partial charge in [-0.1, -0.05) is 26.8 Å². The van der Waals surface area contributed by atoms with Gasteiger partial charge in [-0.2, -0.15) is 0 Å². The number of pyridine rings is 1. The Labute approximate surface area is 141 Å². The molecular weight excluding hydrogens is 302 g/mol. The number of carbonyl (C=O) groups excluding carboxylic acids is 2. The molecular formula is C19H21N3O2.